The summed E-state index contributed by atoms with van der Waals surface area (Å²) in [6, 6.07) is 15.1. The Hall–Kier alpha value is -2.25. The third-order valence-electron chi connectivity index (χ3n) is 4.87. The summed E-state index contributed by atoms with van der Waals surface area (Å²) >= 11 is 6.05. The summed E-state index contributed by atoms with van der Waals surface area (Å²) in [6.45, 7) is 4.10. The third-order valence-corrected chi connectivity index (χ3v) is 6.23. The zero-order chi connectivity index (χ0) is 20.3. The number of rotatable bonds is 5. The number of hydrogen-bond donors (Lipinski definition) is 0. The number of benzene rings is 2. The Balaban J connectivity index is 1.71. The molecule has 150 valence electrons. The SMILES string of the molecule is Cc1ccc(Cl)cc1N(CC(=O)N1CCN(c2ccccc2)CC1)S(C)(=O)=O. The van der Waals surface area contributed by atoms with Gasteiger partial charge in [-0.25, -0.2) is 8.42 Å². The Morgan fingerprint density at radius 3 is 2.32 bits per heavy atom. The second-order valence-electron chi connectivity index (χ2n) is 6.90. The highest BCUT2D eigenvalue weighted by Gasteiger charge is 2.27. The van der Waals surface area contributed by atoms with E-state index >= 15 is 0 Å². The molecule has 2 aromatic carbocycles. The zero-order valence-electron chi connectivity index (χ0n) is 16.0. The molecule has 1 aliphatic heterocycles. The molecule has 0 aliphatic carbocycles. The van der Waals surface area contributed by atoms with Crippen molar-refractivity contribution in [2.45, 2.75) is 6.92 Å². The maximum absolute atomic E-state index is 12.8. The first-order valence-electron chi connectivity index (χ1n) is 9.07. The van der Waals surface area contributed by atoms with Crippen LogP contribution in [0.3, 0.4) is 0 Å². The number of anilines is 2. The molecule has 1 amide bonds. The van der Waals surface area contributed by atoms with Crippen molar-refractivity contribution in [3.05, 3.63) is 59.1 Å². The van der Waals surface area contributed by atoms with E-state index in [2.05, 4.69) is 4.90 Å². The average Bonchev–Trinajstić information content (AvgIpc) is 2.68. The Labute approximate surface area is 171 Å². The van der Waals surface area contributed by atoms with Crippen molar-refractivity contribution >= 4 is 38.9 Å². The molecule has 0 bridgehead atoms. The number of sulfonamides is 1. The molecule has 0 N–H and O–H groups in total. The van der Waals surface area contributed by atoms with Crippen molar-refractivity contribution in [2.24, 2.45) is 0 Å². The molecule has 6 nitrogen and oxygen atoms in total. The fourth-order valence-corrected chi connectivity index (χ4v) is 4.37. The fraction of sp³-hybridized carbons (Fsp3) is 0.350. The number of carbonyl (C=O) groups excluding carboxylic acids is 1. The van der Waals surface area contributed by atoms with Gasteiger partial charge in [-0.3, -0.25) is 9.10 Å². The molecule has 0 radical (unpaired) electrons. The smallest absolute Gasteiger partial charge is 0.243 e. The summed E-state index contributed by atoms with van der Waals surface area (Å²) in [7, 11) is -3.63. The van der Waals surface area contributed by atoms with Crippen LogP contribution in [-0.2, 0) is 14.8 Å². The van der Waals surface area contributed by atoms with Crippen molar-refractivity contribution < 1.29 is 13.2 Å². The van der Waals surface area contributed by atoms with E-state index < -0.39 is 10.0 Å². The minimum absolute atomic E-state index is 0.211. The predicted octanol–water partition coefficient (Wildman–Crippen LogP) is 2.76. The third kappa shape index (κ3) is 4.77. The lowest BCUT2D eigenvalue weighted by Crippen LogP contribution is -2.52. The molecule has 0 aromatic heterocycles. The van der Waals surface area contributed by atoms with Gasteiger partial charge < -0.3 is 9.80 Å². The first-order chi connectivity index (χ1) is 13.3. The summed E-state index contributed by atoms with van der Waals surface area (Å²) in [5.41, 5.74) is 2.31. The topological polar surface area (TPSA) is 60.9 Å². The summed E-state index contributed by atoms with van der Waals surface area (Å²) in [5.74, 6) is -0.211. The molecule has 0 atom stereocenters. The van der Waals surface area contributed by atoms with Gasteiger partial charge in [0.25, 0.3) is 0 Å². The molecule has 2 aromatic rings. The van der Waals surface area contributed by atoms with Crippen molar-refractivity contribution in [1.29, 1.82) is 0 Å². The van der Waals surface area contributed by atoms with Gasteiger partial charge in [-0.05, 0) is 36.8 Å². The first-order valence-corrected chi connectivity index (χ1v) is 11.3. The van der Waals surface area contributed by atoms with Crippen molar-refractivity contribution in [3.8, 4) is 0 Å². The number of nitrogens with zero attached hydrogens (tertiary/aromatic N) is 3. The normalized spacial score (nSPS) is 14.8. The van der Waals surface area contributed by atoms with Crippen molar-refractivity contribution in [2.75, 3.05) is 48.2 Å². The van der Waals surface area contributed by atoms with Crippen LogP contribution in [0.5, 0.6) is 0 Å². The van der Waals surface area contributed by atoms with Crippen LogP contribution in [0.1, 0.15) is 5.56 Å². The van der Waals surface area contributed by atoms with Crippen LogP contribution in [0.15, 0.2) is 48.5 Å². The van der Waals surface area contributed by atoms with E-state index in [1.54, 1.807) is 30.0 Å². The van der Waals surface area contributed by atoms with Gasteiger partial charge in [-0.15, -0.1) is 0 Å². The maximum Gasteiger partial charge on any atom is 0.243 e. The molecule has 1 aliphatic rings. The quantitative estimate of drug-likeness (QED) is 0.744. The van der Waals surface area contributed by atoms with Crippen LogP contribution in [-0.4, -0.2) is 58.2 Å². The Morgan fingerprint density at radius 2 is 1.71 bits per heavy atom. The summed E-state index contributed by atoms with van der Waals surface area (Å²) in [4.78, 5) is 16.8. The highest BCUT2D eigenvalue weighted by Crippen LogP contribution is 2.26. The van der Waals surface area contributed by atoms with Crippen LogP contribution >= 0.6 is 11.6 Å². The van der Waals surface area contributed by atoms with E-state index in [0.29, 0.717) is 36.9 Å². The number of aryl methyl sites for hydroxylation is 1. The fourth-order valence-electron chi connectivity index (χ4n) is 3.31. The lowest BCUT2D eigenvalue weighted by Gasteiger charge is -2.37. The highest BCUT2D eigenvalue weighted by molar-refractivity contribution is 7.92. The van der Waals surface area contributed by atoms with Gasteiger partial charge >= 0.3 is 0 Å². The number of amides is 1. The molecule has 8 heteroatoms. The van der Waals surface area contributed by atoms with Crippen LogP contribution in [0.4, 0.5) is 11.4 Å². The van der Waals surface area contributed by atoms with Gasteiger partial charge in [-0.2, -0.15) is 0 Å². The van der Waals surface area contributed by atoms with Crippen LogP contribution in [0.2, 0.25) is 5.02 Å². The first kappa shape index (κ1) is 20.5. The summed E-state index contributed by atoms with van der Waals surface area (Å²) in [5, 5.41) is 0.429. The predicted molar refractivity (Wildman–Crippen MR) is 114 cm³/mol. The minimum atomic E-state index is -3.63. The average molecular weight is 422 g/mol. The van der Waals surface area contributed by atoms with Crippen LogP contribution < -0.4 is 9.21 Å². The van der Waals surface area contributed by atoms with Gasteiger partial charge in [-0.1, -0.05) is 35.9 Å². The minimum Gasteiger partial charge on any atom is -0.368 e. The van der Waals surface area contributed by atoms with E-state index in [1.165, 1.54) is 0 Å². The molecular formula is C20H24ClN3O3S. The van der Waals surface area contributed by atoms with Gasteiger partial charge in [0, 0.05) is 36.9 Å². The Bertz CT molecular complexity index is 942. The Morgan fingerprint density at radius 1 is 1.07 bits per heavy atom. The van der Waals surface area contributed by atoms with Crippen LogP contribution in [0.25, 0.3) is 0 Å². The molecule has 0 unspecified atom stereocenters. The van der Waals surface area contributed by atoms with Crippen molar-refractivity contribution in [1.82, 2.24) is 4.90 Å². The lowest BCUT2D eigenvalue weighted by atomic mass is 10.2. The van der Waals surface area contributed by atoms with Gasteiger partial charge in [0.05, 0.1) is 11.9 Å². The molecule has 3 rings (SSSR count). The number of hydrogen-bond acceptors (Lipinski definition) is 4. The molecule has 1 saturated heterocycles. The largest absolute Gasteiger partial charge is 0.368 e. The maximum atomic E-state index is 12.8. The van der Waals surface area contributed by atoms with Crippen LogP contribution in [0, 0.1) is 6.92 Å². The molecule has 1 heterocycles. The van der Waals surface area contributed by atoms with Crippen molar-refractivity contribution in [3.63, 3.8) is 0 Å². The van der Waals surface area contributed by atoms with Gasteiger partial charge in [0.1, 0.15) is 6.54 Å². The highest BCUT2D eigenvalue weighted by atomic mass is 35.5. The van der Waals surface area contributed by atoms with E-state index in [-0.39, 0.29) is 12.5 Å². The molecule has 0 spiro atoms. The van der Waals surface area contributed by atoms with E-state index in [4.69, 9.17) is 11.6 Å². The van der Waals surface area contributed by atoms with Gasteiger partial charge in [0.15, 0.2) is 0 Å². The molecule has 0 saturated carbocycles. The standard InChI is InChI=1S/C20H24ClN3O3S/c1-16-8-9-17(21)14-19(16)24(28(2,26)27)15-20(25)23-12-10-22(11-13-23)18-6-4-3-5-7-18/h3-9,14H,10-13,15H2,1-2H3. The van der Waals surface area contributed by atoms with E-state index in [0.717, 1.165) is 21.8 Å². The number of piperazine rings is 1. The number of carbonyl (C=O) groups is 1. The Kier molecular flexibility index (Phi) is 6.15. The monoisotopic (exact) mass is 421 g/mol. The van der Waals surface area contributed by atoms with Gasteiger partial charge in [0.2, 0.25) is 15.9 Å². The number of para-hydroxylation sites is 1. The second kappa shape index (κ2) is 8.41. The second-order valence-corrected chi connectivity index (χ2v) is 9.25. The van der Waals surface area contributed by atoms with E-state index in [1.807, 2.05) is 30.3 Å². The summed E-state index contributed by atoms with van der Waals surface area (Å²) < 4.78 is 25.8. The van der Waals surface area contributed by atoms with E-state index in [9.17, 15) is 13.2 Å². The molecular weight excluding hydrogens is 398 g/mol. The zero-order valence-corrected chi connectivity index (χ0v) is 17.6. The number of halogens is 1. The lowest BCUT2D eigenvalue weighted by molar-refractivity contribution is -0.129. The molecule has 28 heavy (non-hydrogen) atoms. The summed E-state index contributed by atoms with van der Waals surface area (Å²) in [6.07, 6.45) is 1.11. The molecule has 1 fully saturated rings.